The SMILES string of the molecule is O=C(Cl)c1cnc(C(F)F)c(F)c1Cl. The number of pyridine rings is 1. The van der Waals surface area contributed by atoms with Gasteiger partial charge in [0.2, 0.25) is 0 Å². The highest BCUT2D eigenvalue weighted by molar-refractivity contribution is 6.68. The van der Waals surface area contributed by atoms with Gasteiger partial charge in [-0.25, -0.2) is 13.2 Å². The van der Waals surface area contributed by atoms with E-state index >= 15 is 0 Å². The summed E-state index contributed by atoms with van der Waals surface area (Å²) in [7, 11) is 0. The van der Waals surface area contributed by atoms with Crippen LogP contribution in [0.25, 0.3) is 0 Å². The van der Waals surface area contributed by atoms with E-state index in [1.54, 1.807) is 0 Å². The second-order valence-corrected chi connectivity index (χ2v) is 2.98. The fraction of sp³-hybridized carbons (Fsp3) is 0.143. The van der Waals surface area contributed by atoms with Crippen molar-refractivity contribution in [3.63, 3.8) is 0 Å². The number of nitrogens with zero attached hydrogens (tertiary/aromatic N) is 1. The summed E-state index contributed by atoms with van der Waals surface area (Å²) in [6, 6.07) is 0. The molecule has 0 spiro atoms. The number of hydrogen-bond donors (Lipinski definition) is 0. The average Bonchev–Trinajstić information content (AvgIpc) is 2.08. The second-order valence-electron chi connectivity index (χ2n) is 2.26. The average molecular weight is 244 g/mol. The third-order valence-electron chi connectivity index (χ3n) is 1.41. The summed E-state index contributed by atoms with van der Waals surface area (Å²) in [5, 5.41) is -1.79. The van der Waals surface area contributed by atoms with Crippen LogP contribution < -0.4 is 0 Å². The minimum Gasteiger partial charge on any atom is -0.275 e. The molecule has 0 aliphatic heterocycles. The van der Waals surface area contributed by atoms with E-state index in [1.165, 1.54) is 0 Å². The van der Waals surface area contributed by atoms with Crippen molar-refractivity contribution in [2.24, 2.45) is 0 Å². The Morgan fingerprint density at radius 1 is 1.50 bits per heavy atom. The number of carbonyl (C=O) groups excluding carboxylic acids is 1. The maximum absolute atomic E-state index is 13.0. The van der Waals surface area contributed by atoms with Crippen LogP contribution in [0.3, 0.4) is 0 Å². The lowest BCUT2D eigenvalue weighted by molar-refractivity contribution is 0.107. The largest absolute Gasteiger partial charge is 0.283 e. The predicted molar refractivity (Wildman–Crippen MR) is 44.3 cm³/mol. The first kappa shape index (κ1) is 11.3. The van der Waals surface area contributed by atoms with Gasteiger partial charge < -0.3 is 0 Å². The van der Waals surface area contributed by atoms with Crippen LogP contribution in [0.5, 0.6) is 0 Å². The van der Waals surface area contributed by atoms with Crippen molar-refractivity contribution in [3.8, 4) is 0 Å². The molecule has 1 rings (SSSR count). The molecule has 1 aromatic heterocycles. The Morgan fingerprint density at radius 3 is 2.50 bits per heavy atom. The van der Waals surface area contributed by atoms with Crippen LogP contribution in [0.15, 0.2) is 6.20 Å². The van der Waals surface area contributed by atoms with Gasteiger partial charge in [-0.2, -0.15) is 0 Å². The van der Waals surface area contributed by atoms with Crippen molar-refractivity contribution in [2.45, 2.75) is 6.43 Å². The van der Waals surface area contributed by atoms with E-state index in [2.05, 4.69) is 4.98 Å². The van der Waals surface area contributed by atoms with Gasteiger partial charge in [0.15, 0.2) is 5.82 Å². The minimum absolute atomic E-state index is 0.435. The molecule has 1 heterocycles. The highest BCUT2D eigenvalue weighted by Crippen LogP contribution is 2.28. The molecule has 0 N–H and O–H groups in total. The zero-order valence-corrected chi connectivity index (χ0v) is 7.91. The van der Waals surface area contributed by atoms with Crippen molar-refractivity contribution in [3.05, 3.63) is 28.3 Å². The van der Waals surface area contributed by atoms with Gasteiger partial charge >= 0.3 is 0 Å². The summed E-state index contributed by atoms with van der Waals surface area (Å²) in [4.78, 5) is 13.6. The minimum atomic E-state index is -3.09. The molecular formula is C7H2Cl2F3NO. The molecule has 0 atom stereocenters. The van der Waals surface area contributed by atoms with Crippen molar-refractivity contribution >= 4 is 28.4 Å². The number of carbonyl (C=O) groups is 1. The van der Waals surface area contributed by atoms with Crippen molar-refractivity contribution in [2.75, 3.05) is 0 Å². The van der Waals surface area contributed by atoms with Gasteiger partial charge in [-0.05, 0) is 11.6 Å². The number of alkyl halides is 2. The Morgan fingerprint density at radius 2 is 2.07 bits per heavy atom. The van der Waals surface area contributed by atoms with Crippen LogP contribution in [0, 0.1) is 5.82 Å². The van der Waals surface area contributed by atoms with Gasteiger partial charge in [0, 0.05) is 6.20 Å². The van der Waals surface area contributed by atoms with Crippen LogP contribution in [0.4, 0.5) is 13.2 Å². The van der Waals surface area contributed by atoms with Crippen LogP contribution in [0.1, 0.15) is 22.5 Å². The molecule has 0 saturated carbocycles. The molecule has 0 aliphatic rings. The van der Waals surface area contributed by atoms with E-state index in [-0.39, 0.29) is 0 Å². The number of rotatable bonds is 2. The predicted octanol–water partition coefficient (Wildman–Crippen LogP) is 3.19. The zero-order valence-electron chi connectivity index (χ0n) is 6.40. The van der Waals surface area contributed by atoms with Crippen molar-refractivity contribution < 1.29 is 18.0 Å². The van der Waals surface area contributed by atoms with Gasteiger partial charge in [0.05, 0.1) is 10.6 Å². The number of hydrogen-bond acceptors (Lipinski definition) is 2. The summed E-state index contributed by atoms with van der Waals surface area (Å²) in [5.74, 6) is -1.42. The first-order chi connectivity index (χ1) is 6.45. The van der Waals surface area contributed by atoms with Gasteiger partial charge in [-0.1, -0.05) is 11.6 Å². The molecule has 0 unspecified atom stereocenters. The Bertz CT molecular complexity index is 383. The standard InChI is InChI=1S/C7H2Cl2F3NO/c8-3-2(6(9)14)1-13-5(4(3)10)7(11)12/h1,7H. The van der Waals surface area contributed by atoms with E-state index in [4.69, 9.17) is 23.2 Å². The van der Waals surface area contributed by atoms with Crippen molar-refractivity contribution in [1.82, 2.24) is 4.98 Å². The smallest absolute Gasteiger partial charge is 0.275 e. The summed E-state index contributed by atoms with van der Waals surface area (Å²) >= 11 is 10.3. The molecule has 0 bridgehead atoms. The van der Waals surface area contributed by atoms with Crippen LogP contribution in [-0.4, -0.2) is 10.2 Å². The Kier molecular flexibility index (Phi) is 3.34. The maximum Gasteiger partial charge on any atom is 0.283 e. The monoisotopic (exact) mass is 243 g/mol. The molecule has 1 aromatic rings. The molecule has 7 heteroatoms. The normalized spacial score (nSPS) is 10.7. The van der Waals surface area contributed by atoms with Crippen molar-refractivity contribution in [1.29, 1.82) is 0 Å². The lowest BCUT2D eigenvalue weighted by Gasteiger charge is -2.04. The molecule has 76 valence electrons. The van der Waals surface area contributed by atoms with Gasteiger partial charge in [-0.15, -0.1) is 0 Å². The van der Waals surface area contributed by atoms with E-state index in [9.17, 15) is 18.0 Å². The molecule has 0 fully saturated rings. The first-order valence-electron chi connectivity index (χ1n) is 3.27. The molecule has 14 heavy (non-hydrogen) atoms. The molecular weight excluding hydrogens is 242 g/mol. The Labute approximate surface area is 86.6 Å². The van der Waals surface area contributed by atoms with Crippen LogP contribution in [-0.2, 0) is 0 Å². The lowest BCUT2D eigenvalue weighted by Crippen LogP contribution is -2.01. The molecule has 0 radical (unpaired) electrons. The first-order valence-corrected chi connectivity index (χ1v) is 4.02. The summed E-state index contributed by atoms with van der Waals surface area (Å²) < 4.78 is 37.1. The number of halogens is 5. The summed E-state index contributed by atoms with van der Waals surface area (Å²) in [6.45, 7) is 0. The van der Waals surface area contributed by atoms with E-state index in [0.717, 1.165) is 0 Å². The van der Waals surface area contributed by atoms with Gasteiger partial charge in [0.25, 0.3) is 11.7 Å². The molecule has 0 amide bonds. The van der Waals surface area contributed by atoms with E-state index in [1.807, 2.05) is 0 Å². The summed E-state index contributed by atoms with van der Waals surface area (Å²) in [5.41, 5.74) is -1.54. The zero-order chi connectivity index (χ0) is 10.9. The van der Waals surface area contributed by atoms with Gasteiger partial charge in [0.1, 0.15) is 5.69 Å². The topological polar surface area (TPSA) is 30.0 Å². The third kappa shape index (κ3) is 1.99. The molecule has 0 saturated heterocycles. The third-order valence-corrected chi connectivity index (χ3v) is 1.98. The lowest BCUT2D eigenvalue weighted by atomic mass is 10.2. The molecule has 0 aromatic carbocycles. The molecule has 0 aliphatic carbocycles. The highest BCUT2D eigenvalue weighted by Gasteiger charge is 2.22. The Balaban J connectivity index is 3.33. The van der Waals surface area contributed by atoms with E-state index in [0.29, 0.717) is 6.20 Å². The van der Waals surface area contributed by atoms with Crippen LogP contribution >= 0.6 is 23.2 Å². The van der Waals surface area contributed by atoms with Gasteiger partial charge in [-0.3, -0.25) is 9.78 Å². The maximum atomic E-state index is 13.0. The summed E-state index contributed by atoms with van der Waals surface area (Å²) in [6.07, 6.45) is -2.38. The fourth-order valence-corrected chi connectivity index (χ4v) is 1.19. The fourth-order valence-electron chi connectivity index (χ4n) is 0.767. The second kappa shape index (κ2) is 4.14. The number of aromatic nitrogens is 1. The molecule has 2 nitrogen and oxygen atoms in total. The van der Waals surface area contributed by atoms with E-state index < -0.39 is 33.8 Å². The Hall–Kier alpha value is -0.810. The quantitative estimate of drug-likeness (QED) is 0.747. The highest BCUT2D eigenvalue weighted by atomic mass is 35.5. The van der Waals surface area contributed by atoms with Crippen LogP contribution in [0.2, 0.25) is 5.02 Å².